The molecule has 0 saturated carbocycles. The van der Waals surface area contributed by atoms with Crippen LogP contribution in [0.3, 0.4) is 0 Å². The van der Waals surface area contributed by atoms with Gasteiger partial charge < -0.3 is 14.8 Å². The maximum absolute atomic E-state index is 4.62. The summed E-state index contributed by atoms with van der Waals surface area (Å²) < 4.78 is 2.12. The SMILES string of the molecule is C=C(Cn1ccc2c(N3CCCCC3)ncnc21)NC1CC=C(c2cnccn2)C=N1. The first-order chi connectivity index (χ1) is 15.3. The van der Waals surface area contributed by atoms with Crippen LogP contribution in [-0.2, 0) is 6.54 Å². The highest BCUT2D eigenvalue weighted by atomic mass is 15.2. The third-order valence-corrected chi connectivity index (χ3v) is 5.74. The standard InChI is InChI=1S/C23H26N8/c1-17(29-21-6-5-18(13-26-21)20-14-24-8-9-25-20)15-31-12-7-19-22(27-16-28-23(19)31)30-10-3-2-4-11-30/h5,7-9,12-14,16,21,29H,1-4,6,10-11,15H2. The smallest absolute Gasteiger partial charge is 0.145 e. The highest BCUT2D eigenvalue weighted by molar-refractivity contribution is 6.09. The lowest BCUT2D eigenvalue weighted by Crippen LogP contribution is -2.30. The van der Waals surface area contributed by atoms with E-state index >= 15 is 0 Å². The predicted octanol–water partition coefficient (Wildman–Crippen LogP) is 3.20. The van der Waals surface area contributed by atoms with Crippen LogP contribution < -0.4 is 10.2 Å². The van der Waals surface area contributed by atoms with Crippen LogP contribution in [0.1, 0.15) is 31.4 Å². The van der Waals surface area contributed by atoms with Gasteiger partial charge >= 0.3 is 0 Å². The number of dihydropyridines is 1. The van der Waals surface area contributed by atoms with Gasteiger partial charge in [-0.15, -0.1) is 0 Å². The molecule has 5 heterocycles. The Morgan fingerprint density at radius 1 is 1.13 bits per heavy atom. The van der Waals surface area contributed by atoms with Crippen LogP contribution in [0.15, 0.2) is 60.5 Å². The third kappa shape index (κ3) is 4.19. The van der Waals surface area contributed by atoms with Crippen molar-refractivity contribution in [2.45, 2.75) is 38.4 Å². The first kappa shape index (κ1) is 19.4. The summed E-state index contributed by atoms with van der Waals surface area (Å²) in [7, 11) is 0. The second-order valence-electron chi connectivity index (χ2n) is 7.95. The minimum Gasteiger partial charge on any atom is -0.366 e. The molecule has 3 aromatic heterocycles. The van der Waals surface area contributed by atoms with E-state index in [1.54, 1.807) is 24.9 Å². The van der Waals surface area contributed by atoms with Crippen molar-refractivity contribution in [2.24, 2.45) is 4.99 Å². The molecule has 0 bridgehead atoms. The minimum absolute atomic E-state index is 0.0340. The minimum atomic E-state index is -0.0340. The Morgan fingerprint density at radius 2 is 2.03 bits per heavy atom. The number of aliphatic imine (C=N–C) groups is 1. The summed E-state index contributed by atoms with van der Waals surface area (Å²) in [5, 5.41) is 4.53. The monoisotopic (exact) mass is 414 g/mol. The van der Waals surface area contributed by atoms with Gasteiger partial charge in [0.05, 0.1) is 23.8 Å². The predicted molar refractivity (Wildman–Crippen MR) is 123 cm³/mol. The van der Waals surface area contributed by atoms with Gasteiger partial charge in [0.1, 0.15) is 24.0 Å². The number of hydrogen-bond acceptors (Lipinski definition) is 7. The molecule has 1 atom stereocenters. The fraction of sp³-hybridized carbons (Fsp3) is 0.348. The van der Waals surface area contributed by atoms with Crippen molar-refractivity contribution in [3.8, 4) is 0 Å². The van der Waals surface area contributed by atoms with Crippen LogP contribution in [0, 0.1) is 0 Å². The Balaban J connectivity index is 1.24. The van der Waals surface area contributed by atoms with Crippen molar-refractivity contribution in [1.29, 1.82) is 0 Å². The number of allylic oxidation sites excluding steroid dienone is 2. The molecule has 1 unspecified atom stereocenters. The lowest BCUT2D eigenvalue weighted by Gasteiger charge is -2.28. The lowest BCUT2D eigenvalue weighted by atomic mass is 10.1. The molecule has 0 radical (unpaired) electrons. The van der Waals surface area contributed by atoms with Gasteiger partial charge in [-0.3, -0.25) is 15.0 Å². The molecule has 1 fully saturated rings. The molecule has 8 heteroatoms. The van der Waals surface area contributed by atoms with Gasteiger partial charge in [-0.25, -0.2) is 9.97 Å². The molecule has 0 aliphatic carbocycles. The van der Waals surface area contributed by atoms with Crippen LogP contribution in [0.25, 0.3) is 16.6 Å². The van der Waals surface area contributed by atoms with Crippen LogP contribution in [0.2, 0.25) is 0 Å². The first-order valence-corrected chi connectivity index (χ1v) is 10.8. The molecular formula is C23H26N8. The van der Waals surface area contributed by atoms with E-state index in [0.717, 1.165) is 53.3 Å². The van der Waals surface area contributed by atoms with E-state index in [-0.39, 0.29) is 6.17 Å². The quantitative estimate of drug-likeness (QED) is 0.667. The zero-order valence-electron chi connectivity index (χ0n) is 17.5. The van der Waals surface area contributed by atoms with Crippen LogP contribution >= 0.6 is 0 Å². The summed E-state index contributed by atoms with van der Waals surface area (Å²) >= 11 is 0. The fourth-order valence-electron chi connectivity index (χ4n) is 4.20. The molecule has 1 N–H and O–H groups in total. The highest BCUT2D eigenvalue weighted by Gasteiger charge is 2.18. The van der Waals surface area contributed by atoms with E-state index in [1.165, 1.54) is 19.3 Å². The van der Waals surface area contributed by atoms with E-state index in [0.29, 0.717) is 6.54 Å². The van der Waals surface area contributed by atoms with Crippen LogP contribution in [0.5, 0.6) is 0 Å². The molecule has 2 aliphatic rings. The molecule has 31 heavy (non-hydrogen) atoms. The number of piperidine rings is 1. The van der Waals surface area contributed by atoms with Gasteiger partial charge in [0.2, 0.25) is 0 Å². The Kier molecular flexibility index (Phi) is 5.43. The maximum atomic E-state index is 4.62. The van der Waals surface area contributed by atoms with E-state index in [4.69, 9.17) is 0 Å². The number of nitrogens with one attached hydrogen (secondary N) is 1. The average Bonchev–Trinajstić information content (AvgIpc) is 3.23. The number of anilines is 1. The van der Waals surface area contributed by atoms with Gasteiger partial charge in [-0.2, -0.15) is 0 Å². The van der Waals surface area contributed by atoms with E-state index < -0.39 is 0 Å². The number of hydrogen-bond donors (Lipinski definition) is 1. The normalized spacial score (nSPS) is 18.8. The van der Waals surface area contributed by atoms with Gasteiger partial charge in [0.15, 0.2) is 0 Å². The summed E-state index contributed by atoms with van der Waals surface area (Å²) in [6.45, 7) is 6.98. The average molecular weight is 415 g/mol. The Bertz CT molecular complexity index is 1120. The number of rotatable bonds is 6. The largest absolute Gasteiger partial charge is 0.366 e. The second kappa shape index (κ2) is 8.67. The molecule has 3 aromatic rings. The van der Waals surface area contributed by atoms with Crippen molar-refractivity contribution in [3.63, 3.8) is 0 Å². The van der Waals surface area contributed by atoms with E-state index in [9.17, 15) is 0 Å². The summed E-state index contributed by atoms with van der Waals surface area (Å²) in [6, 6.07) is 2.11. The Labute approximate surface area is 181 Å². The highest BCUT2D eigenvalue weighted by Crippen LogP contribution is 2.26. The topological polar surface area (TPSA) is 84.1 Å². The van der Waals surface area contributed by atoms with Crippen LogP contribution in [0.4, 0.5) is 5.82 Å². The third-order valence-electron chi connectivity index (χ3n) is 5.74. The zero-order chi connectivity index (χ0) is 21.0. The van der Waals surface area contributed by atoms with Crippen molar-refractivity contribution in [1.82, 2.24) is 29.8 Å². The molecule has 8 nitrogen and oxygen atoms in total. The van der Waals surface area contributed by atoms with Gasteiger partial charge in [0.25, 0.3) is 0 Å². The van der Waals surface area contributed by atoms with Crippen molar-refractivity contribution >= 4 is 28.6 Å². The molecule has 158 valence electrons. The molecule has 5 rings (SSSR count). The molecule has 2 aliphatic heterocycles. The number of fused-ring (bicyclic) bond motifs is 1. The first-order valence-electron chi connectivity index (χ1n) is 10.8. The van der Waals surface area contributed by atoms with Gasteiger partial charge in [-0.1, -0.05) is 12.7 Å². The fourth-order valence-corrected chi connectivity index (χ4v) is 4.20. The Morgan fingerprint density at radius 3 is 2.81 bits per heavy atom. The van der Waals surface area contributed by atoms with Crippen molar-refractivity contribution < 1.29 is 0 Å². The van der Waals surface area contributed by atoms with Gasteiger partial charge in [0, 0.05) is 55.6 Å². The summed E-state index contributed by atoms with van der Waals surface area (Å²) in [5.41, 5.74) is 3.67. The summed E-state index contributed by atoms with van der Waals surface area (Å²) in [4.78, 5) is 24.6. The maximum Gasteiger partial charge on any atom is 0.145 e. The van der Waals surface area contributed by atoms with Gasteiger partial charge in [-0.05, 0) is 25.3 Å². The van der Waals surface area contributed by atoms with Crippen molar-refractivity contribution in [2.75, 3.05) is 18.0 Å². The summed E-state index contributed by atoms with van der Waals surface area (Å²) in [6.07, 6.45) is 17.3. The number of nitrogens with zero attached hydrogens (tertiary/aromatic N) is 7. The molecule has 0 aromatic carbocycles. The zero-order valence-corrected chi connectivity index (χ0v) is 17.5. The molecule has 0 spiro atoms. The van der Waals surface area contributed by atoms with Crippen molar-refractivity contribution in [3.05, 3.63) is 61.2 Å². The van der Waals surface area contributed by atoms with E-state index in [1.807, 2.05) is 6.21 Å². The van der Waals surface area contributed by atoms with E-state index in [2.05, 4.69) is 64.6 Å². The Hall–Kier alpha value is -3.55. The number of aromatic nitrogens is 5. The molecule has 0 amide bonds. The second-order valence-corrected chi connectivity index (χ2v) is 7.95. The van der Waals surface area contributed by atoms with Crippen LogP contribution in [-0.4, -0.2) is 50.0 Å². The lowest BCUT2D eigenvalue weighted by molar-refractivity contribution is 0.568. The summed E-state index contributed by atoms with van der Waals surface area (Å²) in [5.74, 6) is 1.04. The molecular weight excluding hydrogens is 388 g/mol. The molecule has 1 saturated heterocycles.